The number of hydrogen-bond donors (Lipinski definition) is 2. The van der Waals surface area contributed by atoms with Crippen molar-refractivity contribution >= 4 is 11.8 Å². The van der Waals surface area contributed by atoms with Crippen LogP contribution in [0, 0.1) is 0 Å². The van der Waals surface area contributed by atoms with E-state index in [1.165, 1.54) is 20.9 Å². The van der Waals surface area contributed by atoms with E-state index in [1.807, 2.05) is 9.80 Å². The van der Waals surface area contributed by atoms with E-state index in [1.54, 1.807) is 6.92 Å². The van der Waals surface area contributed by atoms with Crippen molar-refractivity contribution in [3.8, 4) is 0 Å². The summed E-state index contributed by atoms with van der Waals surface area (Å²) in [5, 5.41) is 0. The number of carbonyl (C=O) groups is 2. The monoisotopic (exact) mass is 422 g/mol. The first kappa shape index (κ1) is 21.5. The Hall–Kier alpha value is -2.70. The summed E-state index contributed by atoms with van der Waals surface area (Å²) in [6.07, 6.45) is 0. The normalized spacial score (nSPS) is 18.4. The molecule has 0 radical (unpaired) electrons. The van der Waals surface area contributed by atoms with Crippen molar-refractivity contribution in [1.29, 1.82) is 0 Å². The molecule has 2 aromatic rings. The number of rotatable bonds is 5. The minimum absolute atomic E-state index is 0.135. The van der Waals surface area contributed by atoms with Crippen molar-refractivity contribution in [1.82, 2.24) is 9.80 Å². The van der Waals surface area contributed by atoms with E-state index in [2.05, 4.69) is 60.7 Å². The highest BCUT2D eigenvalue weighted by molar-refractivity contribution is 5.77. The predicted octanol–water partition coefficient (Wildman–Crippen LogP) is -0.750. The minimum Gasteiger partial charge on any atom is -0.332 e. The van der Waals surface area contributed by atoms with Crippen LogP contribution in [0.2, 0.25) is 0 Å². The molecule has 2 heterocycles. The molecule has 0 aromatic heterocycles. The largest absolute Gasteiger partial charge is 0.332 e. The maximum atomic E-state index is 12.9. The van der Waals surface area contributed by atoms with Gasteiger partial charge in [-0.2, -0.15) is 0 Å². The third-order valence-electron chi connectivity index (χ3n) is 6.75. The van der Waals surface area contributed by atoms with Crippen LogP contribution < -0.4 is 9.80 Å². The molecule has 2 fully saturated rings. The van der Waals surface area contributed by atoms with Gasteiger partial charge < -0.3 is 19.6 Å². The van der Waals surface area contributed by atoms with E-state index in [0.717, 1.165) is 52.4 Å². The molecule has 2 N–H and O–H groups in total. The van der Waals surface area contributed by atoms with Gasteiger partial charge in [0.2, 0.25) is 5.91 Å². The van der Waals surface area contributed by atoms with Gasteiger partial charge in [0.05, 0.1) is 52.4 Å². The molecule has 0 bridgehead atoms. The Morgan fingerprint density at radius 2 is 1.26 bits per heavy atom. The molecule has 2 aliphatic heterocycles. The number of quaternary nitrogens is 2. The van der Waals surface area contributed by atoms with Crippen LogP contribution in [0.3, 0.4) is 0 Å². The molecule has 0 atom stereocenters. The first-order valence-corrected chi connectivity index (χ1v) is 11.4. The Morgan fingerprint density at radius 1 is 0.774 bits per heavy atom. The summed E-state index contributed by atoms with van der Waals surface area (Å²) in [4.78, 5) is 31.2. The van der Waals surface area contributed by atoms with Crippen molar-refractivity contribution in [2.45, 2.75) is 13.0 Å². The highest BCUT2D eigenvalue weighted by atomic mass is 16.2. The van der Waals surface area contributed by atoms with Crippen molar-refractivity contribution in [3.63, 3.8) is 0 Å². The van der Waals surface area contributed by atoms with Crippen LogP contribution in [0.25, 0.3) is 0 Å². The van der Waals surface area contributed by atoms with Gasteiger partial charge in [-0.3, -0.25) is 9.59 Å². The lowest BCUT2D eigenvalue weighted by Crippen LogP contribution is -3.16. The summed E-state index contributed by atoms with van der Waals surface area (Å²) >= 11 is 0. The van der Waals surface area contributed by atoms with E-state index in [4.69, 9.17) is 0 Å². The smallest absolute Gasteiger partial charge is 0.278 e. The lowest BCUT2D eigenvalue weighted by molar-refractivity contribution is -0.929. The molecule has 2 saturated heterocycles. The van der Waals surface area contributed by atoms with E-state index in [9.17, 15) is 9.59 Å². The Morgan fingerprint density at radius 3 is 1.74 bits per heavy atom. The van der Waals surface area contributed by atoms with E-state index < -0.39 is 0 Å². The zero-order valence-corrected chi connectivity index (χ0v) is 18.4. The molecule has 6 nitrogen and oxygen atoms in total. The average Bonchev–Trinajstić information content (AvgIpc) is 2.81. The van der Waals surface area contributed by atoms with Crippen molar-refractivity contribution in [2.75, 3.05) is 58.9 Å². The van der Waals surface area contributed by atoms with Crippen LogP contribution in [-0.2, 0) is 9.59 Å². The molecule has 4 rings (SSSR count). The fraction of sp³-hybridized carbons (Fsp3) is 0.440. The second kappa shape index (κ2) is 10.1. The standard InChI is InChI=1S/C25H32N4O2/c1-21(30)27-14-12-26(13-15-27)20-24(31)28-16-18-29(19-17-28)25(22-8-4-2-5-9-22)23-10-6-3-7-11-23/h2-11,25H,12-20H2,1H3/p+2. The summed E-state index contributed by atoms with van der Waals surface area (Å²) in [7, 11) is 0. The number of benzene rings is 2. The molecule has 0 saturated carbocycles. The third-order valence-corrected chi connectivity index (χ3v) is 6.75. The lowest BCUT2D eigenvalue weighted by Gasteiger charge is -2.38. The zero-order valence-electron chi connectivity index (χ0n) is 18.4. The van der Waals surface area contributed by atoms with Crippen molar-refractivity contribution in [2.24, 2.45) is 0 Å². The van der Waals surface area contributed by atoms with Crippen LogP contribution >= 0.6 is 0 Å². The van der Waals surface area contributed by atoms with Crippen LogP contribution in [0.1, 0.15) is 24.1 Å². The first-order chi connectivity index (χ1) is 15.1. The molecule has 0 spiro atoms. The Bertz CT molecular complexity index is 818. The Labute approximate surface area is 185 Å². The second-order valence-electron chi connectivity index (χ2n) is 8.73. The molecule has 6 heteroatoms. The molecule has 2 aromatic carbocycles. The molecule has 164 valence electrons. The van der Waals surface area contributed by atoms with Gasteiger partial charge in [0.25, 0.3) is 5.91 Å². The topological polar surface area (TPSA) is 49.5 Å². The molecular weight excluding hydrogens is 388 g/mol. The van der Waals surface area contributed by atoms with Crippen molar-refractivity contribution < 1.29 is 19.4 Å². The molecular formula is C25H34N4O2+2. The molecule has 0 aliphatic carbocycles. The third kappa shape index (κ3) is 5.32. The summed E-state index contributed by atoms with van der Waals surface area (Å²) in [6, 6.07) is 21.7. The number of piperazine rings is 2. The van der Waals surface area contributed by atoms with Gasteiger partial charge in [-0.15, -0.1) is 0 Å². The van der Waals surface area contributed by atoms with E-state index in [-0.39, 0.29) is 11.8 Å². The van der Waals surface area contributed by atoms with Crippen LogP contribution in [0.15, 0.2) is 60.7 Å². The number of carbonyl (C=O) groups excluding carboxylic acids is 2. The van der Waals surface area contributed by atoms with Crippen LogP contribution in [0.4, 0.5) is 0 Å². The van der Waals surface area contributed by atoms with Gasteiger partial charge >= 0.3 is 0 Å². The number of hydrogen-bond acceptors (Lipinski definition) is 2. The predicted molar refractivity (Wildman–Crippen MR) is 120 cm³/mol. The quantitative estimate of drug-likeness (QED) is 0.666. The van der Waals surface area contributed by atoms with Crippen LogP contribution in [-0.4, -0.2) is 80.5 Å². The summed E-state index contributed by atoms with van der Waals surface area (Å²) in [5.41, 5.74) is 2.66. The minimum atomic E-state index is 0.135. The number of amides is 2. The molecule has 2 aliphatic rings. The van der Waals surface area contributed by atoms with E-state index in [0.29, 0.717) is 12.6 Å². The summed E-state index contributed by atoms with van der Waals surface area (Å²) < 4.78 is 0. The van der Waals surface area contributed by atoms with Gasteiger partial charge in [-0.1, -0.05) is 60.7 Å². The fourth-order valence-electron chi connectivity index (χ4n) is 4.93. The number of nitrogens with zero attached hydrogens (tertiary/aromatic N) is 2. The number of nitrogens with one attached hydrogen (secondary N) is 2. The van der Waals surface area contributed by atoms with Crippen LogP contribution in [0.5, 0.6) is 0 Å². The Balaban J connectivity index is 1.35. The lowest BCUT2D eigenvalue weighted by atomic mass is 9.96. The maximum absolute atomic E-state index is 12.9. The maximum Gasteiger partial charge on any atom is 0.278 e. The average molecular weight is 423 g/mol. The van der Waals surface area contributed by atoms with E-state index >= 15 is 0 Å². The summed E-state index contributed by atoms with van der Waals surface area (Å²) in [6.45, 7) is 8.91. The SMILES string of the molecule is CC(=O)N1CC[NH+](CC(=O)N2CC[NH+](C(c3ccccc3)c3ccccc3)CC2)CC1. The van der Waals surface area contributed by atoms with Gasteiger partial charge in [0, 0.05) is 18.1 Å². The summed E-state index contributed by atoms with van der Waals surface area (Å²) in [5.74, 6) is 0.386. The molecule has 31 heavy (non-hydrogen) atoms. The van der Waals surface area contributed by atoms with Crippen molar-refractivity contribution in [3.05, 3.63) is 71.8 Å². The zero-order chi connectivity index (χ0) is 21.6. The highest BCUT2D eigenvalue weighted by Gasteiger charge is 2.33. The fourth-order valence-corrected chi connectivity index (χ4v) is 4.93. The van der Waals surface area contributed by atoms with Gasteiger partial charge in [0.1, 0.15) is 6.04 Å². The van der Waals surface area contributed by atoms with Gasteiger partial charge in [-0.25, -0.2) is 0 Å². The Kier molecular flexibility index (Phi) is 6.99. The van der Waals surface area contributed by atoms with Gasteiger partial charge in [0.15, 0.2) is 6.54 Å². The molecule has 0 unspecified atom stereocenters. The second-order valence-corrected chi connectivity index (χ2v) is 8.73. The highest BCUT2D eigenvalue weighted by Crippen LogP contribution is 2.19. The molecule has 2 amide bonds. The van der Waals surface area contributed by atoms with Gasteiger partial charge in [-0.05, 0) is 0 Å². The first-order valence-electron chi connectivity index (χ1n) is 11.4.